The summed E-state index contributed by atoms with van der Waals surface area (Å²) in [6.45, 7) is 10.5. The number of hydrogen-bond acceptors (Lipinski definition) is 8. The third-order valence-corrected chi connectivity index (χ3v) is 6.42. The minimum absolute atomic E-state index is 0.0204. The summed E-state index contributed by atoms with van der Waals surface area (Å²) in [6, 6.07) is 7.37. The lowest BCUT2D eigenvalue weighted by Crippen LogP contribution is -2.43. The summed E-state index contributed by atoms with van der Waals surface area (Å²) in [5.41, 5.74) is 2.83. The van der Waals surface area contributed by atoms with Gasteiger partial charge in [0, 0.05) is 22.9 Å². The van der Waals surface area contributed by atoms with Gasteiger partial charge in [0.1, 0.15) is 18.3 Å². The van der Waals surface area contributed by atoms with E-state index in [1.807, 2.05) is 52.0 Å². The molecule has 0 saturated heterocycles. The van der Waals surface area contributed by atoms with E-state index in [1.54, 1.807) is 6.92 Å². The molecule has 3 rings (SSSR count). The fraction of sp³-hybridized carbons (Fsp3) is 0.536. The molecular formula is C28H37NO7. The number of benzene rings is 1. The molecule has 8 nitrogen and oxygen atoms in total. The fourth-order valence-corrected chi connectivity index (χ4v) is 4.76. The molecule has 3 unspecified atom stereocenters. The van der Waals surface area contributed by atoms with Crippen molar-refractivity contribution in [1.29, 1.82) is 0 Å². The molecule has 1 aliphatic heterocycles. The maximum atomic E-state index is 13.8. The van der Waals surface area contributed by atoms with Crippen molar-refractivity contribution < 1.29 is 33.3 Å². The summed E-state index contributed by atoms with van der Waals surface area (Å²) in [6.07, 6.45) is 1.38. The molecule has 1 aliphatic carbocycles. The average Bonchev–Trinajstić information content (AvgIpc) is 2.84. The van der Waals surface area contributed by atoms with E-state index in [4.69, 9.17) is 18.9 Å². The number of nitrogens with one attached hydrogen (secondary N) is 1. The van der Waals surface area contributed by atoms with Crippen molar-refractivity contribution in [2.24, 2.45) is 11.8 Å². The summed E-state index contributed by atoms with van der Waals surface area (Å²) in [4.78, 5) is 39.6. The van der Waals surface area contributed by atoms with Gasteiger partial charge < -0.3 is 24.3 Å². The Hall–Kier alpha value is -3.13. The molecule has 1 heterocycles. The monoisotopic (exact) mass is 499 g/mol. The number of carbonyl (C=O) groups excluding carboxylic acids is 3. The Morgan fingerprint density at radius 2 is 1.81 bits per heavy atom. The number of methoxy groups -OCH3 is 1. The molecule has 0 aromatic heterocycles. The predicted octanol–water partition coefficient (Wildman–Crippen LogP) is 4.06. The zero-order valence-corrected chi connectivity index (χ0v) is 22.0. The zero-order valence-electron chi connectivity index (χ0n) is 22.0. The highest BCUT2D eigenvalue weighted by Gasteiger charge is 2.47. The lowest BCUT2D eigenvalue weighted by atomic mass is 9.69. The summed E-state index contributed by atoms with van der Waals surface area (Å²) in [5.74, 6) is -2.59. The molecule has 1 aromatic carbocycles. The van der Waals surface area contributed by atoms with E-state index in [0.29, 0.717) is 35.6 Å². The Morgan fingerprint density at radius 1 is 1.11 bits per heavy atom. The number of ether oxygens (including phenoxy) is 4. The predicted molar refractivity (Wildman–Crippen MR) is 134 cm³/mol. The second kappa shape index (κ2) is 12.2. The molecule has 2 aliphatic rings. The highest BCUT2D eigenvalue weighted by atomic mass is 16.6. The highest BCUT2D eigenvalue weighted by molar-refractivity contribution is 6.12. The van der Waals surface area contributed by atoms with Gasteiger partial charge in [-0.2, -0.15) is 0 Å². The van der Waals surface area contributed by atoms with Crippen molar-refractivity contribution >= 4 is 17.7 Å². The van der Waals surface area contributed by atoms with Gasteiger partial charge >= 0.3 is 11.9 Å². The third kappa shape index (κ3) is 5.98. The first kappa shape index (κ1) is 27.5. The van der Waals surface area contributed by atoms with Crippen molar-refractivity contribution in [1.82, 2.24) is 5.32 Å². The van der Waals surface area contributed by atoms with E-state index in [-0.39, 0.29) is 31.0 Å². The summed E-state index contributed by atoms with van der Waals surface area (Å²) >= 11 is 0. The molecule has 8 heteroatoms. The number of dihydropyridines is 1. The Balaban J connectivity index is 2.01. The Bertz CT molecular complexity index is 1040. The van der Waals surface area contributed by atoms with Crippen molar-refractivity contribution in [3.05, 3.63) is 52.4 Å². The van der Waals surface area contributed by atoms with Crippen LogP contribution in [0, 0.1) is 11.8 Å². The number of Topliss-reactive ketones (excluding diaryl/α,β-unsaturated/α-hetero) is 1. The molecule has 3 atom stereocenters. The number of hydrogen-bond donors (Lipinski definition) is 1. The minimum Gasteiger partial charge on any atom is -0.494 e. The summed E-state index contributed by atoms with van der Waals surface area (Å²) in [7, 11) is 1.28. The number of ketones is 1. The number of carbonyl (C=O) groups is 3. The molecule has 196 valence electrons. The van der Waals surface area contributed by atoms with Crippen LogP contribution in [0.1, 0.15) is 58.9 Å². The topological polar surface area (TPSA) is 100 Å². The largest absolute Gasteiger partial charge is 0.494 e. The van der Waals surface area contributed by atoms with Crippen LogP contribution in [-0.2, 0) is 28.6 Å². The van der Waals surface area contributed by atoms with Gasteiger partial charge in [-0.25, -0.2) is 4.79 Å². The van der Waals surface area contributed by atoms with E-state index in [1.165, 1.54) is 7.11 Å². The van der Waals surface area contributed by atoms with Crippen LogP contribution >= 0.6 is 0 Å². The Labute approximate surface area is 213 Å². The maximum Gasteiger partial charge on any atom is 0.336 e. The number of rotatable bonds is 10. The normalized spacial score (nSPS) is 21.8. The lowest BCUT2D eigenvalue weighted by molar-refractivity contribution is -0.151. The standard InChI is InChI=1S/C28H37NO7/c1-7-12-35-20-10-8-19(9-11-20)24-23(28(32)36-14-13-34-16(2)3)18(5)29-21-15-17(4)22(27(31)33-6)26(30)25(21)24/h8-11,16-17,22,24,29H,7,12-15H2,1-6H3. The van der Waals surface area contributed by atoms with Gasteiger partial charge in [-0.15, -0.1) is 0 Å². The molecule has 0 amide bonds. The van der Waals surface area contributed by atoms with Gasteiger partial charge in [-0.1, -0.05) is 26.0 Å². The highest BCUT2D eigenvalue weighted by Crippen LogP contribution is 2.45. The SMILES string of the molecule is CCCOc1ccc(C2C(C(=O)OCCOC(C)C)=C(C)NC3=C2C(=O)C(C(=O)OC)C(C)C3)cc1. The summed E-state index contributed by atoms with van der Waals surface area (Å²) < 4.78 is 21.7. The van der Waals surface area contributed by atoms with Gasteiger partial charge in [-0.05, 0) is 57.2 Å². The van der Waals surface area contributed by atoms with E-state index in [0.717, 1.165) is 17.7 Å². The van der Waals surface area contributed by atoms with Gasteiger partial charge in [0.15, 0.2) is 5.78 Å². The first-order chi connectivity index (χ1) is 17.2. The van der Waals surface area contributed by atoms with Gasteiger partial charge in [0.2, 0.25) is 0 Å². The molecule has 0 saturated carbocycles. The molecule has 1 aromatic rings. The fourth-order valence-electron chi connectivity index (χ4n) is 4.76. The van der Waals surface area contributed by atoms with Crippen molar-refractivity contribution in [3.8, 4) is 5.75 Å². The van der Waals surface area contributed by atoms with Crippen LogP contribution in [0.4, 0.5) is 0 Å². The molecule has 0 bridgehead atoms. The quantitative estimate of drug-likeness (QED) is 0.292. The van der Waals surface area contributed by atoms with Crippen molar-refractivity contribution in [2.75, 3.05) is 26.9 Å². The van der Waals surface area contributed by atoms with Gasteiger partial charge in [0.05, 0.1) is 32.0 Å². The molecular weight excluding hydrogens is 462 g/mol. The maximum absolute atomic E-state index is 13.8. The van der Waals surface area contributed by atoms with Crippen molar-refractivity contribution in [2.45, 2.75) is 59.5 Å². The van der Waals surface area contributed by atoms with Crippen LogP contribution in [0.15, 0.2) is 46.8 Å². The second-order valence-electron chi connectivity index (χ2n) is 9.51. The van der Waals surface area contributed by atoms with Crippen LogP contribution in [0.25, 0.3) is 0 Å². The molecule has 1 N–H and O–H groups in total. The van der Waals surface area contributed by atoms with Crippen LogP contribution < -0.4 is 10.1 Å². The first-order valence-corrected chi connectivity index (χ1v) is 12.5. The summed E-state index contributed by atoms with van der Waals surface area (Å²) in [5, 5.41) is 3.26. The molecule has 36 heavy (non-hydrogen) atoms. The van der Waals surface area contributed by atoms with Gasteiger partial charge in [0.25, 0.3) is 0 Å². The number of allylic oxidation sites excluding steroid dienone is 3. The van der Waals surface area contributed by atoms with E-state index < -0.39 is 23.8 Å². The minimum atomic E-state index is -0.930. The van der Waals surface area contributed by atoms with E-state index >= 15 is 0 Å². The van der Waals surface area contributed by atoms with Gasteiger partial charge in [-0.3, -0.25) is 9.59 Å². The molecule has 0 radical (unpaired) electrons. The van der Waals surface area contributed by atoms with E-state index in [2.05, 4.69) is 5.32 Å². The van der Waals surface area contributed by atoms with Crippen LogP contribution in [-0.4, -0.2) is 50.8 Å². The lowest BCUT2D eigenvalue weighted by Gasteiger charge is -2.38. The van der Waals surface area contributed by atoms with Crippen LogP contribution in [0.3, 0.4) is 0 Å². The Kier molecular flexibility index (Phi) is 9.31. The second-order valence-corrected chi connectivity index (χ2v) is 9.51. The third-order valence-electron chi connectivity index (χ3n) is 6.42. The van der Waals surface area contributed by atoms with Crippen LogP contribution in [0.5, 0.6) is 5.75 Å². The Morgan fingerprint density at radius 3 is 2.42 bits per heavy atom. The van der Waals surface area contributed by atoms with Crippen LogP contribution in [0.2, 0.25) is 0 Å². The first-order valence-electron chi connectivity index (χ1n) is 12.5. The smallest absolute Gasteiger partial charge is 0.336 e. The molecule has 0 spiro atoms. The zero-order chi connectivity index (χ0) is 26.4. The average molecular weight is 500 g/mol. The van der Waals surface area contributed by atoms with Crippen molar-refractivity contribution in [3.63, 3.8) is 0 Å². The number of esters is 2. The molecule has 0 fully saturated rings. The van der Waals surface area contributed by atoms with E-state index in [9.17, 15) is 14.4 Å².